The van der Waals surface area contributed by atoms with E-state index in [1.165, 1.54) is 18.2 Å². The van der Waals surface area contributed by atoms with Gasteiger partial charge in [-0.25, -0.2) is 0 Å². The number of non-ortho nitro benzene ring substituents is 1. The molecule has 0 amide bonds. The van der Waals surface area contributed by atoms with Gasteiger partial charge in [0.15, 0.2) is 0 Å². The van der Waals surface area contributed by atoms with Crippen molar-refractivity contribution >= 4 is 27.6 Å². The highest BCUT2D eigenvalue weighted by Gasteiger charge is 2.15. The van der Waals surface area contributed by atoms with E-state index in [1.807, 2.05) is 0 Å². The average Bonchev–Trinajstić information content (AvgIpc) is 2.84. The van der Waals surface area contributed by atoms with Gasteiger partial charge >= 0.3 is 5.97 Å². The van der Waals surface area contributed by atoms with Crippen molar-refractivity contribution in [1.29, 1.82) is 0 Å². The number of nitro benzene ring substituents is 1. The lowest BCUT2D eigenvalue weighted by Gasteiger charge is -1.98. The molecular formula is C11H8BrN3O5. The Morgan fingerprint density at radius 3 is 2.85 bits per heavy atom. The summed E-state index contributed by atoms with van der Waals surface area (Å²) in [6.45, 7) is 0. The molecule has 2 aromatic rings. The van der Waals surface area contributed by atoms with Gasteiger partial charge in [-0.1, -0.05) is 5.16 Å². The lowest BCUT2D eigenvalue weighted by atomic mass is 10.2. The van der Waals surface area contributed by atoms with Crippen molar-refractivity contribution in [1.82, 2.24) is 10.1 Å². The van der Waals surface area contributed by atoms with E-state index in [0.717, 1.165) is 0 Å². The van der Waals surface area contributed by atoms with E-state index in [-0.39, 0.29) is 30.2 Å². The summed E-state index contributed by atoms with van der Waals surface area (Å²) in [5, 5.41) is 22.9. The van der Waals surface area contributed by atoms with E-state index in [2.05, 4.69) is 26.1 Å². The number of nitrogens with zero attached hydrogens (tertiary/aromatic N) is 3. The van der Waals surface area contributed by atoms with Crippen LogP contribution in [0.15, 0.2) is 27.2 Å². The number of rotatable bonds is 5. The molecule has 9 heteroatoms. The van der Waals surface area contributed by atoms with Gasteiger partial charge in [0.1, 0.15) is 0 Å². The maximum atomic E-state index is 10.6. The molecule has 0 unspecified atom stereocenters. The first-order chi connectivity index (χ1) is 9.47. The van der Waals surface area contributed by atoms with Crippen molar-refractivity contribution in [2.24, 2.45) is 0 Å². The molecule has 8 nitrogen and oxygen atoms in total. The summed E-state index contributed by atoms with van der Waals surface area (Å²) in [5.74, 6) is -0.513. The maximum absolute atomic E-state index is 10.6. The molecule has 0 saturated heterocycles. The number of aryl methyl sites for hydroxylation is 1. The Morgan fingerprint density at radius 1 is 1.50 bits per heavy atom. The zero-order valence-electron chi connectivity index (χ0n) is 9.95. The minimum absolute atomic E-state index is 0.0600. The summed E-state index contributed by atoms with van der Waals surface area (Å²) in [6.07, 6.45) is 0.0238. The number of benzene rings is 1. The molecule has 0 aliphatic carbocycles. The van der Waals surface area contributed by atoms with Crippen LogP contribution in [0.1, 0.15) is 12.3 Å². The highest BCUT2D eigenvalue weighted by atomic mass is 79.9. The van der Waals surface area contributed by atoms with Crippen LogP contribution in [0, 0.1) is 10.1 Å². The molecule has 0 bridgehead atoms. The van der Waals surface area contributed by atoms with Crippen molar-refractivity contribution in [3.8, 4) is 11.4 Å². The maximum Gasteiger partial charge on any atom is 0.303 e. The number of aliphatic carboxylic acids is 1. The SMILES string of the molecule is O=C(O)CCc1nc(-c2ccc([N+](=O)[O-])cc2Br)no1. The second-order valence-electron chi connectivity index (χ2n) is 3.83. The lowest BCUT2D eigenvalue weighted by molar-refractivity contribution is -0.384. The quantitative estimate of drug-likeness (QED) is 0.654. The van der Waals surface area contributed by atoms with Gasteiger partial charge in [0.2, 0.25) is 11.7 Å². The molecule has 0 saturated carbocycles. The summed E-state index contributed by atoms with van der Waals surface area (Å²) in [6, 6.07) is 4.16. The molecule has 0 radical (unpaired) electrons. The monoisotopic (exact) mass is 341 g/mol. The predicted octanol–water partition coefficient (Wildman–Crippen LogP) is 2.42. The van der Waals surface area contributed by atoms with E-state index in [4.69, 9.17) is 9.63 Å². The lowest BCUT2D eigenvalue weighted by Crippen LogP contribution is -1.97. The Bertz CT molecular complexity index is 670. The second-order valence-corrected chi connectivity index (χ2v) is 4.68. The minimum Gasteiger partial charge on any atom is -0.481 e. The van der Waals surface area contributed by atoms with Crippen LogP contribution in [0.3, 0.4) is 0 Å². The van der Waals surface area contributed by atoms with Crippen LogP contribution in [0.25, 0.3) is 11.4 Å². The number of aromatic nitrogens is 2. The Hall–Kier alpha value is -2.29. The van der Waals surface area contributed by atoms with Crippen molar-refractivity contribution in [3.63, 3.8) is 0 Å². The van der Waals surface area contributed by atoms with Crippen LogP contribution < -0.4 is 0 Å². The molecule has 0 aliphatic heterocycles. The highest BCUT2D eigenvalue weighted by Crippen LogP contribution is 2.29. The summed E-state index contributed by atoms with van der Waals surface area (Å²) in [7, 11) is 0. The van der Waals surface area contributed by atoms with Gasteiger partial charge in [-0.15, -0.1) is 0 Å². The van der Waals surface area contributed by atoms with Crippen LogP contribution in [0.2, 0.25) is 0 Å². The molecule has 1 heterocycles. The average molecular weight is 342 g/mol. The number of hydrogen-bond donors (Lipinski definition) is 1. The van der Waals surface area contributed by atoms with Crippen molar-refractivity contribution in [2.45, 2.75) is 12.8 Å². The molecule has 20 heavy (non-hydrogen) atoms. The van der Waals surface area contributed by atoms with Crippen molar-refractivity contribution < 1.29 is 19.3 Å². The summed E-state index contributed by atoms with van der Waals surface area (Å²) in [4.78, 5) is 24.6. The Balaban J connectivity index is 2.23. The van der Waals surface area contributed by atoms with Gasteiger partial charge in [-0.3, -0.25) is 14.9 Å². The van der Waals surface area contributed by atoms with Gasteiger partial charge in [0, 0.05) is 28.6 Å². The van der Waals surface area contributed by atoms with E-state index in [0.29, 0.717) is 10.0 Å². The molecule has 1 aromatic carbocycles. The van der Waals surface area contributed by atoms with Crippen molar-refractivity contribution in [3.05, 3.63) is 38.7 Å². The minimum atomic E-state index is -0.957. The number of halogens is 1. The Labute approximate surface area is 120 Å². The summed E-state index contributed by atoms with van der Waals surface area (Å²) in [5.41, 5.74) is 0.469. The van der Waals surface area contributed by atoms with Gasteiger partial charge < -0.3 is 9.63 Å². The van der Waals surface area contributed by atoms with Crippen LogP contribution >= 0.6 is 15.9 Å². The van der Waals surface area contributed by atoms with Crippen LogP contribution in [-0.4, -0.2) is 26.1 Å². The third kappa shape index (κ3) is 3.18. The van der Waals surface area contributed by atoms with Crippen LogP contribution in [0.5, 0.6) is 0 Å². The van der Waals surface area contributed by atoms with Gasteiger partial charge in [-0.2, -0.15) is 4.98 Å². The number of carbonyl (C=O) groups is 1. The first-order valence-electron chi connectivity index (χ1n) is 5.46. The normalized spacial score (nSPS) is 10.4. The molecule has 0 atom stereocenters. The Kier molecular flexibility index (Phi) is 4.08. The summed E-state index contributed by atoms with van der Waals surface area (Å²) >= 11 is 3.20. The third-order valence-corrected chi connectivity index (χ3v) is 3.08. The molecule has 1 N–H and O–H groups in total. The molecule has 2 rings (SSSR count). The van der Waals surface area contributed by atoms with E-state index in [9.17, 15) is 14.9 Å². The molecule has 0 fully saturated rings. The number of carboxylic acid groups (broad SMARTS) is 1. The fourth-order valence-corrected chi connectivity index (χ4v) is 2.02. The Morgan fingerprint density at radius 2 is 2.25 bits per heavy atom. The first kappa shape index (κ1) is 14.1. The third-order valence-electron chi connectivity index (χ3n) is 2.43. The van der Waals surface area contributed by atoms with Crippen LogP contribution in [-0.2, 0) is 11.2 Å². The molecule has 104 valence electrons. The second kappa shape index (κ2) is 5.78. The standard InChI is InChI=1S/C11H8BrN3O5/c12-8-5-6(15(18)19)1-2-7(8)11-13-9(20-14-11)3-4-10(16)17/h1-2,5H,3-4H2,(H,16,17). The largest absolute Gasteiger partial charge is 0.481 e. The zero-order chi connectivity index (χ0) is 14.7. The van der Waals surface area contributed by atoms with Crippen molar-refractivity contribution in [2.75, 3.05) is 0 Å². The van der Waals surface area contributed by atoms with E-state index < -0.39 is 10.9 Å². The van der Waals surface area contributed by atoms with Gasteiger partial charge in [0.25, 0.3) is 5.69 Å². The summed E-state index contributed by atoms with van der Waals surface area (Å²) < 4.78 is 5.38. The fraction of sp³-hybridized carbons (Fsp3) is 0.182. The molecule has 0 aliphatic rings. The fourth-order valence-electron chi connectivity index (χ4n) is 1.48. The predicted molar refractivity (Wildman–Crippen MR) is 70.0 cm³/mol. The van der Waals surface area contributed by atoms with E-state index >= 15 is 0 Å². The highest BCUT2D eigenvalue weighted by molar-refractivity contribution is 9.10. The molecule has 0 spiro atoms. The smallest absolute Gasteiger partial charge is 0.303 e. The van der Waals surface area contributed by atoms with Gasteiger partial charge in [0.05, 0.1) is 11.3 Å². The van der Waals surface area contributed by atoms with E-state index in [1.54, 1.807) is 0 Å². The topological polar surface area (TPSA) is 119 Å². The first-order valence-corrected chi connectivity index (χ1v) is 6.25. The zero-order valence-corrected chi connectivity index (χ0v) is 11.5. The number of hydrogen-bond acceptors (Lipinski definition) is 6. The number of nitro groups is 1. The van der Waals surface area contributed by atoms with Crippen LogP contribution in [0.4, 0.5) is 5.69 Å². The number of carboxylic acids is 1. The molecular weight excluding hydrogens is 334 g/mol. The van der Waals surface area contributed by atoms with Gasteiger partial charge in [-0.05, 0) is 22.0 Å². The molecule has 1 aromatic heterocycles.